The summed E-state index contributed by atoms with van der Waals surface area (Å²) in [6, 6.07) is 4.21. The largest absolute Gasteiger partial charge is 0.360 e. The van der Waals surface area contributed by atoms with Crippen molar-refractivity contribution in [1.29, 1.82) is 0 Å². The molecule has 5 nitrogen and oxygen atoms in total. The number of hydrogen-bond acceptors (Lipinski definition) is 5. The maximum absolute atomic E-state index is 12.8. The van der Waals surface area contributed by atoms with Crippen LogP contribution in [-0.2, 0) is 15.3 Å². The molecule has 0 saturated heterocycles. The molecule has 2 aromatic rings. The van der Waals surface area contributed by atoms with Gasteiger partial charge in [0.05, 0.1) is 16.7 Å². The molecule has 1 saturated carbocycles. The molecule has 0 bridgehead atoms. The predicted octanol–water partition coefficient (Wildman–Crippen LogP) is 3.01. The van der Waals surface area contributed by atoms with Gasteiger partial charge >= 0.3 is 0 Å². The highest BCUT2D eigenvalue weighted by molar-refractivity contribution is 7.90. The summed E-state index contributed by atoms with van der Waals surface area (Å²) in [6.45, 7) is 1.99. The number of hydrogen-bond donors (Lipinski definition) is 0. The number of carbonyl (C=O) groups excluding carboxylic acids is 1. The minimum atomic E-state index is -3.58. The van der Waals surface area contributed by atoms with Crippen LogP contribution >= 0.6 is 11.6 Å². The van der Waals surface area contributed by atoms with Gasteiger partial charge in [-0.25, -0.2) is 8.42 Å². The average Bonchev–Trinajstić information content (AvgIpc) is 3.00. The Balaban J connectivity index is 2.13. The van der Waals surface area contributed by atoms with E-state index in [0.29, 0.717) is 11.3 Å². The molecule has 1 heterocycles. The summed E-state index contributed by atoms with van der Waals surface area (Å²) in [5.74, 6) is 0.105. The highest BCUT2D eigenvalue weighted by Gasteiger charge is 2.45. The van der Waals surface area contributed by atoms with Crippen LogP contribution in [-0.4, -0.2) is 25.6 Å². The normalized spacial score (nSPS) is 16.5. The summed E-state index contributed by atoms with van der Waals surface area (Å²) in [5.41, 5.74) is 0.215. The van der Waals surface area contributed by atoms with Crippen LogP contribution in [0.5, 0.6) is 0 Å². The Labute approximate surface area is 133 Å². The standard InChI is InChI=1S/C15H14ClNO4S/c1-15(5-6-15)14-11(8-17-21-14)13(18)10-4-3-9(16)7-12(10)22(2,19)20/h3-4,7-8H,5-6H2,1-2H3. The van der Waals surface area contributed by atoms with Crippen molar-refractivity contribution >= 4 is 27.2 Å². The Kier molecular flexibility index (Phi) is 3.41. The molecule has 1 aliphatic carbocycles. The van der Waals surface area contributed by atoms with Gasteiger partial charge in [-0.1, -0.05) is 23.7 Å². The molecule has 1 aliphatic rings. The van der Waals surface area contributed by atoms with E-state index in [2.05, 4.69) is 5.16 Å². The second kappa shape index (κ2) is 4.93. The monoisotopic (exact) mass is 339 g/mol. The molecule has 0 atom stereocenters. The molecular formula is C15H14ClNO4S. The van der Waals surface area contributed by atoms with Gasteiger partial charge in [0.1, 0.15) is 0 Å². The van der Waals surface area contributed by atoms with Crippen LogP contribution in [0.3, 0.4) is 0 Å². The second-order valence-corrected chi connectivity index (χ2v) is 8.29. The van der Waals surface area contributed by atoms with E-state index in [1.807, 2.05) is 6.92 Å². The molecule has 1 fully saturated rings. The Morgan fingerprint density at radius 1 is 1.32 bits per heavy atom. The number of sulfone groups is 1. The van der Waals surface area contributed by atoms with E-state index in [1.165, 1.54) is 24.4 Å². The van der Waals surface area contributed by atoms with Crippen molar-refractivity contribution < 1.29 is 17.7 Å². The van der Waals surface area contributed by atoms with Crippen molar-refractivity contribution in [3.05, 3.63) is 46.3 Å². The first-order chi connectivity index (χ1) is 10.2. The summed E-state index contributed by atoms with van der Waals surface area (Å²) in [6.07, 6.45) is 4.23. The molecule has 0 radical (unpaired) electrons. The van der Waals surface area contributed by atoms with E-state index in [-0.39, 0.29) is 20.9 Å². The van der Waals surface area contributed by atoms with Crippen molar-refractivity contribution in [1.82, 2.24) is 5.16 Å². The third-order valence-electron chi connectivity index (χ3n) is 3.95. The first-order valence-corrected chi connectivity index (χ1v) is 8.99. The van der Waals surface area contributed by atoms with Gasteiger partial charge in [0, 0.05) is 22.3 Å². The molecule has 3 rings (SSSR count). The molecule has 116 valence electrons. The predicted molar refractivity (Wildman–Crippen MR) is 81.1 cm³/mol. The fraction of sp³-hybridized carbons (Fsp3) is 0.333. The van der Waals surface area contributed by atoms with Crippen LogP contribution in [0, 0.1) is 0 Å². The fourth-order valence-electron chi connectivity index (χ4n) is 2.39. The average molecular weight is 340 g/mol. The Bertz CT molecular complexity index is 865. The zero-order chi connectivity index (χ0) is 16.1. The zero-order valence-electron chi connectivity index (χ0n) is 12.1. The van der Waals surface area contributed by atoms with E-state index >= 15 is 0 Å². The minimum absolute atomic E-state index is 0.0839. The summed E-state index contributed by atoms with van der Waals surface area (Å²) >= 11 is 5.86. The lowest BCUT2D eigenvalue weighted by atomic mass is 9.97. The maximum atomic E-state index is 12.8. The van der Waals surface area contributed by atoms with Crippen LogP contribution < -0.4 is 0 Å². The van der Waals surface area contributed by atoms with Crippen molar-refractivity contribution in [2.24, 2.45) is 0 Å². The second-order valence-electron chi connectivity index (χ2n) is 5.87. The van der Waals surface area contributed by atoms with Crippen LogP contribution in [0.15, 0.2) is 33.8 Å². The van der Waals surface area contributed by atoms with E-state index < -0.39 is 15.6 Å². The lowest BCUT2D eigenvalue weighted by Gasteiger charge is -2.09. The Morgan fingerprint density at radius 2 is 2.00 bits per heavy atom. The molecule has 7 heteroatoms. The number of halogens is 1. The molecule has 0 unspecified atom stereocenters. The third kappa shape index (κ3) is 2.57. The third-order valence-corrected chi connectivity index (χ3v) is 5.32. The molecule has 0 spiro atoms. The number of aromatic nitrogens is 1. The first kappa shape index (κ1) is 15.2. The number of carbonyl (C=O) groups is 1. The summed E-state index contributed by atoms with van der Waals surface area (Å²) in [4.78, 5) is 12.7. The lowest BCUT2D eigenvalue weighted by Crippen LogP contribution is -2.12. The van der Waals surface area contributed by atoms with E-state index in [9.17, 15) is 13.2 Å². The van der Waals surface area contributed by atoms with Gasteiger partial charge < -0.3 is 4.52 Å². The number of benzene rings is 1. The van der Waals surface area contributed by atoms with Gasteiger partial charge in [0.15, 0.2) is 21.4 Å². The Morgan fingerprint density at radius 3 is 2.59 bits per heavy atom. The number of rotatable bonds is 4. The smallest absolute Gasteiger partial charge is 0.199 e. The van der Waals surface area contributed by atoms with Crippen molar-refractivity contribution in [2.75, 3.05) is 6.26 Å². The van der Waals surface area contributed by atoms with Crippen LogP contribution in [0.25, 0.3) is 0 Å². The molecule has 1 aromatic heterocycles. The van der Waals surface area contributed by atoms with Gasteiger partial charge in [-0.3, -0.25) is 4.79 Å². The summed E-state index contributed by atoms with van der Waals surface area (Å²) < 4.78 is 29.1. The zero-order valence-corrected chi connectivity index (χ0v) is 13.7. The highest BCUT2D eigenvalue weighted by Crippen LogP contribution is 2.49. The number of nitrogens with zero attached hydrogens (tertiary/aromatic N) is 1. The fourth-order valence-corrected chi connectivity index (χ4v) is 3.52. The van der Waals surface area contributed by atoms with Crippen molar-refractivity contribution in [3.8, 4) is 0 Å². The van der Waals surface area contributed by atoms with Crippen LogP contribution in [0.1, 0.15) is 41.4 Å². The van der Waals surface area contributed by atoms with Gasteiger partial charge in [-0.15, -0.1) is 0 Å². The molecule has 0 aliphatic heterocycles. The molecular weight excluding hydrogens is 326 g/mol. The lowest BCUT2D eigenvalue weighted by molar-refractivity contribution is 0.103. The summed E-state index contributed by atoms with van der Waals surface area (Å²) in [7, 11) is -3.58. The SMILES string of the molecule is CC1(c2oncc2C(=O)c2ccc(Cl)cc2S(C)(=O)=O)CC1. The molecule has 1 aromatic carbocycles. The number of ketones is 1. The molecule has 0 amide bonds. The topological polar surface area (TPSA) is 77.2 Å². The van der Waals surface area contributed by atoms with Crippen molar-refractivity contribution in [3.63, 3.8) is 0 Å². The van der Waals surface area contributed by atoms with Gasteiger partial charge in [0.2, 0.25) is 0 Å². The minimum Gasteiger partial charge on any atom is -0.360 e. The van der Waals surface area contributed by atoms with Crippen LogP contribution in [0.4, 0.5) is 0 Å². The van der Waals surface area contributed by atoms with E-state index in [0.717, 1.165) is 19.1 Å². The van der Waals surface area contributed by atoms with E-state index in [1.54, 1.807) is 0 Å². The maximum Gasteiger partial charge on any atom is 0.199 e. The quantitative estimate of drug-likeness (QED) is 0.800. The Hall–Kier alpha value is -1.66. The van der Waals surface area contributed by atoms with Gasteiger partial charge in [-0.05, 0) is 31.0 Å². The molecule has 0 N–H and O–H groups in total. The first-order valence-electron chi connectivity index (χ1n) is 6.72. The van der Waals surface area contributed by atoms with Gasteiger partial charge in [-0.2, -0.15) is 0 Å². The summed E-state index contributed by atoms with van der Waals surface area (Å²) in [5, 5.41) is 3.97. The van der Waals surface area contributed by atoms with E-state index in [4.69, 9.17) is 16.1 Å². The highest BCUT2D eigenvalue weighted by atomic mass is 35.5. The molecule has 22 heavy (non-hydrogen) atoms. The van der Waals surface area contributed by atoms with Crippen molar-refractivity contribution in [2.45, 2.75) is 30.1 Å². The van der Waals surface area contributed by atoms with Crippen LogP contribution in [0.2, 0.25) is 5.02 Å². The van der Waals surface area contributed by atoms with Gasteiger partial charge in [0.25, 0.3) is 0 Å².